The molecule has 2 aromatic carbocycles. The van der Waals surface area contributed by atoms with Gasteiger partial charge >= 0.3 is 24.3 Å². The van der Waals surface area contributed by atoms with E-state index in [9.17, 15) is 44.3 Å². The summed E-state index contributed by atoms with van der Waals surface area (Å²) in [6.45, 7) is 0. The van der Waals surface area contributed by atoms with Gasteiger partial charge in [0.15, 0.2) is 0 Å². The van der Waals surface area contributed by atoms with E-state index < -0.39 is 66.2 Å². The Balaban J connectivity index is 3.01. The van der Waals surface area contributed by atoms with E-state index in [4.69, 9.17) is 10.2 Å². The van der Waals surface area contributed by atoms with Crippen molar-refractivity contribution in [2.75, 3.05) is 0 Å². The highest BCUT2D eigenvalue weighted by molar-refractivity contribution is 7.91. The lowest BCUT2D eigenvalue weighted by atomic mass is 10.1. The molecule has 0 aliphatic heterocycles. The van der Waals surface area contributed by atoms with Crippen molar-refractivity contribution in [3.63, 3.8) is 0 Å². The summed E-state index contributed by atoms with van der Waals surface area (Å²) in [6.07, 6.45) is -11.1. The summed E-state index contributed by atoms with van der Waals surface area (Å²) >= 11 is 0. The van der Waals surface area contributed by atoms with E-state index in [2.05, 4.69) is 0 Å². The van der Waals surface area contributed by atoms with Crippen molar-refractivity contribution in [3.8, 4) is 0 Å². The molecule has 0 atom stereocenters. The quantitative estimate of drug-likeness (QED) is 0.695. The molecule has 2 rings (SSSR count). The van der Waals surface area contributed by atoms with E-state index in [1.165, 1.54) is 0 Å². The third-order valence-electron chi connectivity index (χ3n) is 3.66. The van der Waals surface area contributed by atoms with Crippen LogP contribution in [0.2, 0.25) is 0 Å². The van der Waals surface area contributed by atoms with Crippen molar-refractivity contribution >= 4 is 21.8 Å². The number of sulfone groups is 1. The number of rotatable bonds is 4. The predicted molar refractivity (Wildman–Crippen MR) is 82.3 cm³/mol. The van der Waals surface area contributed by atoms with Crippen LogP contribution in [-0.4, -0.2) is 30.6 Å². The molecule has 0 saturated carbocycles. The summed E-state index contributed by atoms with van der Waals surface area (Å²) in [6, 6.07) is 2.67. The molecule has 0 radical (unpaired) electrons. The molecule has 0 aromatic heterocycles. The minimum Gasteiger partial charge on any atom is -0.478 e. The summed E-state index contributed by atoms with van der Waals surface area (Å²) in [5, 5.41) is 17.9. The van der Waals surface area contributed by atoms with Gasteiger partial charge in [-0.25, -0.2) is 18.0 Å². The summed E-state index contributed by atoms with van der Waals surface area (Å²) in [5.41, 5.74) is -7.36. The number of alkyl halides is 6. The Morgan fingerprint density at radius 2 is 1.00 bits per heavy atom. The number of hydrogen-bond acceptors (Lipinski definition) is 4. The van der Waals surface area contributed by atoms with Crippen molar-refractivity contribution in [1.82, 2.24) is 0 Å². The zero-order valence-electron chi connectivity index (χ0n) is 13.7. The molecule has 0 amide bonds. The Kier molecular flexibility index (Phi) is 5.41. The van der Waals surface area contributed by atoms with Crippen molar-refractivity contribution in [1.29, 1.82) is 0 Å². The Bertz CT molecular complexity index is 1020. The normalized spacial score (nSPS) is 12.6. The van der Waals surface area contributed by atoms with Gasteiger partial charge in [0.05, 0.1) is 32.0 Å². The molecule has 29 heavy (non-hydrogen) atoms. The first-order valence-corrected chi connectivity index (χ1v) is 8.70. The number of benzene rings is 2. The van der Waals surface area contributed by atoms with Crippen LogP contribution in [0.15, 0.2) is 46.2 Å². The van der Waals surface area contributed by atoms with Crippen LogP contribution in [0.1, 0.15) is 31.8 Å². The van der Waals surface area contributed by atoms with Crippen LogP contribution in [0.5, 0.6) is 0 Å². The number of carbonyl (C=O) groups is 2. The van der Waals surface area contributed by atoms with Crippen LogP contribution in [0.3, 0.4) is 0 Å². The Morgan fingerprint density at radius 1 is 0.690 bits per heavy atom. The van der Waals surface area contributed by atoms with Gasteiger partial charge in [-0.15, -0.1) is 0 Å². The van der Waals surface area contributed by atoms with Crippen molar-refractivity contribution in [2.24, 2.45) is 0 Å². The number of carboxylic acids is 2. The van der Waals surface area contributed by atoms with Crippen LogP contribution >= 0.6 is 0 Å². The predicted octanol–water partition coefficient (Wildman–Crippen LogP) is 3.95. The van der Waals surface area contributed by atoms with Crippen molar-refractivity contribution in [2.45, 2.75) is 22.1 Å². The van der Waals surface area contributed by atoms with Gasteiger partial charge in [-0.05, 0) is 24.3 Å². The standard InChI is InChI=1S/C16H8F6O6S/c17-15(18,19)11-7(13(23)24)3-1-5-9(11)29(27,28)10-6-2-4-8(14(25)26)12(10)16(20,21)22/h1-6H,(H,23,24)(H,25,26). The van der Waals surface area contributed by atoms with E-state index in [0.29, 0.717) is 24.3 Å². The Hall–Kier alpha value is -3.09. The van der Waals surface area contributed by atoms with Gasteiger partial charge in [0.25, 0.3) is 0 Å². The molecule has 0 spiro atoms. The van der Waals surface area contributed by atoms with Crippen LogP contribution < -0.4 is 0 Å². The fourth-order valence-electron chi connectivity index (χ4n) is 2.57. The highest BCUT2D eigenvalue weighted by Gasteiger charge is 2.45. The minimum absolute atomic E-state index is 0.290. The van der Waals surface area contributed by atoms with Gasteiger partial charge in [-0.1, -0.05) is 12.1 Å². The first-order chi connectivity index (χ1) is 13.1. The Labute approximate surface area is 157 Å². The second-order valence-corrected chi connectivity index (χ2v) is 7.35. The highest BCUT2D eigenvalue weighted by atomic mass is 32.2. The summed E-state index contributed by atoms with van der Waals surface area (Å²) in [7, 11) is -5.65. The lowest BCUT2D eigenvalue weighted by Gasteiger charge is -2.19. The molecule has 0 saturated heterocycles. The van der Waals surface area contributed by atoms with Gasteiger partial charge in [-0.2, -0.15) is 26.3 Å². The molecule has 156 valence electrons. The Morgan fingerprint density at radius 3 is 1.24 bits per heavy atom. The van der Waals surface area contributed by atoms with Crippen molar-refractivity contribution in [3.05, 3.63) is 58.7 Å². The molecule has 0 bridgehead atoms. The second-order valence-electron chi connectivity index (χ2n) is 5.47. The summed E-state index contributed by atoms with van der Waals surface area (Å²) < 4.78 is 106. The SMILES string of the molecule is O=C(O)c1cccc(S(=O)(=O)c2cccc(C(=O)O)c2C(F)(F)F)c1C(F)(F)F. The van der Waals surface area contributed by atoms with Gasteiger partial charge in [0.2, 0.25) is 9.84 Å². The fourth-order valence-corrected chi connectivity index (χ4v) is 4.31. The number of aromatic carboxylic acids is 2. The maximum atomic E-state index is 13.4. The molecule has 2 N–H and O–H groups in total. The van der Waals surface area contributed by atoms with E-state index in [1.54, 1.807) is 0 Å². The van der Waals surface area contributed by atoms with Crippen LogP contribution in [-0.2, 0) is 22.2 Å². The van der Waals surface area contributed by atoms with E-state index in [-0.39, 0.29) is 12.1 Å². The smallest absolute Gasteiger partial charge is 0.418 e. The first kappa shape index (κ1) is 22.2. The van der Waals surface area contributed by atoms with Crippen LogP contribution in [0.4, 0.5) is 26.3 Å². The number of carboxylic acid groups (broad SMARTS) is 2. The highest BCUT2D eigenvalue weighted by Crippen LogP contribution is 2.43. The lowest BCUT2D eigenvalue weighted by Crippen LogP contribution is -2.22. The van der Waals surface area contributed by atoms with Crippen molar-refractivity contribution < 1.29 is 54.6 Å². The topological polar surface area (TPSA) is 109 Å². The third kappa shape index (κ3) is 4.04. The molecule has 0 aliphatic rings. The molecule has 0 aliphatic carbocycles. The van der Waals surface area contributed by atoms with Gasteiger partial charge in [0.1, 0.15) is 0 Å². The second kappa shape index (κ2) is 7.06. The van der Waals surface area contributed by atoms with E-state index >= 15 is 0 Å². The largest absolute Gasteiger partial charge is 0.478 e. The molecular weight excluding hydrogens is 434 g/mol. The molecule has 6 nitrogen and oxygen atoms in total. The fraction of sp³-hybridized carbons (Fsp3) is 0.125. The minimum atomic E-state index is -5.65. The molecule has 0 unspecified atom stereocenters. The van der Waals surface area contributed by atoms with Crippen LogP contribution in [0, 0.1) is 0 Å². The maximum Gasteiger partial charge on any atom is 0.418 e. The summed E-state index contributed by atoms with van der Waals surface area (Å²) in [4.78, 5) is 18.7. The third-order valence-corrected chi connectivity index (χ3v) is 5.50. The van der Waals surface area contributed by atoms with Crippen LogP contribution in [0.25, 0.3) is 0 Å². The van der Waals surface area contributed by atoms with Gasteiger partial charge in [0, 0.05) is 0 Å². The molecule has 13 heteroatoms. The summed E-state index contributed by atoms with van der Waals surface area (Å²) in [5.74, 6) is -4.32. The monoisotopic (exact) mass is 442 g/mol. The number of hydrogen-bond donors (Lipinski definition) is 2. The van der Waals surface area contributed by atoms with E-state index in [0.717, 1.165) is 0 Å². The molecule has 0 fully saturated rings. The maximum absolute atomic E-state index is 13.4. The average Bonchev–Trinajstić information content (AvgIpc) is 2.58. The lowest BCUT2D eigenvalue weighted by molar-refractivity contribution is -0.140. The molecular formula is C16H8F6O6S. The zero-order chi connectivity index (χ0) is 22.4. The first-order valence-electron chi connectivity index (χ1n) is 7.22. The average molecular weight is 442 g/mol. The number of halogens is 6. The zero-order valence-corrected chi connectivity index (χ0v) is 14.5. The molecule has 0 heterocycles. The molecule has 2 aromatic rings. The van der Waals surface area contributed by atoms with Gasteiger partial charge in [-0.3, -0.25) is 0 Å². The van der Waals surface area contributed by atoms with E-state index in [1.807, 2.05) is 0 Å². The van der Waals surface area contributed by atoms with Gasteiger partial charge < -0.3 is 10.2 Å².